The van der Waals surface area contributed by atoms with Crippen molar-refractivity contribution in [2.45, 2.75) is 32.2 Å². The van der Waals surface area contributed by atoms with Gasteiger partial charge in [-0.2, -0.15) is 13.2 Å². The molecule has 4 aromatic rings. The van der Waals surface area contributed by atoms with E-state index < -0.39 is 17.3 Å². The lowest BCUT2D eigenvalue weighted by Gasteiger charge is -2.14. The zero-order chi connectivity index (χ0) is 23.8. The van der Waals surface area contributed by atoms with Crippen molar-refractivity contribution in [1.29, 1.82) is 0 Å². The van der Waals surface area contributed by atoms with Crippen LogP contribution in [0.4, 0.5) is 13.2 Å². The zero-order valence-corrected chi connectivity index (χ0v) is 18.1. The van der Waals surface area contributed by atoms with Gasteiger partial charge in [-0.25, -0.2) is 4.98 Å². The first kappa shape index (κ1) is 22.8. The van der Waals surface area contributed by atoms with Crippen LogP contribution in [-0.4, -0.2) is 19.8 Å². The molecule has 0 saturated carbocycles. The minimum atomic E-state index is -4.55. The molecule has 0 aliphatic carbocycles. The van der Waals surface area contributed by atoms with Gasteiger partial charge in [0.25, 0.3) is 0 Å². The van der Waals surface area contributed by atoms with E-state index in [0.29, 0.717) is 5.69 Å². The molecule has 0 amide bonds. The van der Waals surface area contributed by atoms with Crippen LogP contribution in [-0.2, 0) is 18.4 Å². The normalized spacial score (nSPS) is 12.2. The van der Waals surface area contributed by atoms with Gasteiger partial charge in [-0.3, -0.25) is 4.57 Å². The molecule has 0 atom stereocenters. The molecule has 0 saturated heterocycles. The molecular formula is C26H23F3N2O2. The largest absolute Gasteiger partial charge is 0.417 e. The van der Waals surface area contributed by atoms with Crippen LogP contribution >= 0.6 is 0 Å². The Morgan fingerprint density at radius 2 is 1.58 bits per heavy atom. The first-order valence-electron chi connectivity index (χ1n) is 10.4. The van der Waals surface area contributed by atoms with Crippen molar-refractivity contribution in [3.63, 3.8) is 0 Å². The summed E-state index contributed by atoms with van der Waals surface area (Å²) in [6.45, 7) is 3.01. The van der Waals surface area contributed by atoms with E-state index in [-0.39, 0.29) is 23.7 Å². The van der Waals surface area contributed by atoms with Crippen LogP contribution in [0.5, 0.6) is 0 Å². The molecule has 2 N–H and O–H groups in total. The van der Waals surface area contributed by atoms with E-state index in [0.717, 1.165) is 22.8 Å². The SMILES string of the molecule is CC(C)(O)c1cn(-c2ccc(-c3cccc(CO)c3)cc2)c(-c2ccccc2C(F)(F)F)n1. The van der Waals surface area contributed by atoms with Gasteiger partial charge in [0.2, 0.25) is 0 Å². The van der Waals surface area contributed by atoms with E-state index in [4.69, 9.17) is 0 Å². The number of alkyl halides is 3. The molecule has 33 heavy (non-hydrogen) atoms. The molecule has 0 radical (unpaired) electrons. The molecule has 0 fully saturated rings. The number of hydrogen-bond donors (Lipinski definition) is 2. The third-order valence-electron chi connectivity index (χ3n) is 5.39. The van der Waals surface area contributed by atoms with Crippen molar-refractivity contribution < 1.29 is 23.4 Å². The number of nitrogens with zero attached hydrogens (tertiary/aromatic N) is 2. The topological polar surface area (TPSA) is 58.3 Å². The van der Waals surface area contributed by atoms with Crippen LogP contribution in [0, 0.1) is 0 Å². The van der Waals surface area contributed by atoms with Gasteiger partial charge < -0.3 is 10.2 Å². The highest BCUT2D eigenvalue weighted by Gasteiger charge is 2.35. The second kappa shape index (κ2) is 8.50. The van der Waals surface area contributed by atoms with Crippen LogP contribution < -0.4 is 0 Å². The Kier molecular flexibility index (Phi) is 5.86. The maximum atomic E-state index is 13.7. The van der Waals surface area contributed by atoms with Gasteiger partial charge in [-0.1, -0.05) is 48.5 Å². The smallest absolute Gasteiger partial charge is 0.392 e. The van der Waals surface area contributed by atoms with Gasteiger partial charge in [-0.05, 0) is 54.8 Å². The highest BCUT2D eigenvalue weighted by Crippen LogP contribution is 2.38. The number of benzene rings is 3. The van der Waals surface area contributed by atoms with Crippen LogP contribution in [0.25, 0.3) is 28.2 Å². The van der Waals surface area contributed by atoms with Crippen molar-refractivity contribution in [1.82, 2.24) is 9.55 Å². The average molecular weight is 452 g/mol. The lowest BCUT2D eigenvalue weighted by Crippen LogP contribution is -2.15. The quantitative estimate of drug-likeness (QED) is 0.394. The molecule has 170 valence electrons. The minimum absolute atomic E-state index is 0.0668. The summed E-state index contributed by atoms with van der Waals surface area (Å²) in [7, 11) is 0. The summed E-state index contributed by atoms with van der Waals surface area (Å²) >= 11 is 0. The number of aromatic nitrogens is 2. The lowest BCUT2D eigenvalue weighted by molar-refractivity contribution is -0.137. The molecule has 0 aliphatic heterocycles. The fourth-order valence-electron chi connectivity index (χ4n) is 3.65. The number of aliphatic hydroxyl groups is 2. The number of halogens is 3. The Hall–Kier alpha value is -3.42. The third-order valence-corrected chi connectivity index (χ3v) is 5.39. The summed E-state index contributed by atoms with van der Waals surface area (Å²) in [5, 5.41) is 19.9. The van der Waals surface area contributed by atoms with Crippen molar-refractivity contribution in [2.24, 2.45) is 0 Å². The van der Waals surface area contributed by atoms with Crippen molar-refractivity contribution >= 4 is 0 Å². The number of rotatable bonds is 5. The molecular weight excluding hydrogens is 429 g/mol. The average Bonchev–Trinajstić information content (AvgIpc) is 3.25. The summed E-state index contributed by atoms with van der Waals surface area (Å²) < 4.78 is 42.7. The standard InChI is InChI=1S/C26H23F3N2O2/c1-25(2,33)23-15-31(24(30-23)21-8-3-4-9-22(21)26(27,28)29)20-12-10-18(11-13-20)19-7-5-6-17(14-19)16-32/h3-15,32-33H,16H2,1-2H3. The van der Waals surface area contributed by atoms with Gasteiger partial charge in [0.15, 0.2) is 0 Å². The van der Waals surface area contributed by atoms with E-state index >= 15 is 0 Å². The third kappa shape index (κ3) is 4.69. The van der Waals surface area contributed by atoms with Gasteiger partial charge in [0.1, 0.15) is 11.4 Å². The molecule has 0 spiro atoms. The highest BCUT2D eigenvalue weighted by molar-refractivity contribution is 5.68. The molecule has 1 heterocycles. The van der Waals surface area contributed by atoms with E-state index in [2.05, 4.69) is 4.98 Å². The first-order valence-corrected chi connectivity index (χ1v) is 10.4. The molecule has 4 rings (SSSR count). The van der Waals surface area contributed by atoms with Crippen LogP contribution in [0.2, 0.25) is 0 Å². The molecule has 7 heteroatoms. The molecule has 0 aliphatic rings. The second-order valence-corrected chi connectivity index (χ2v) is 8.33. The van der Waals surface area contributed by atoms with E-state index in [1.54, 1.807) is 22.9 Å². The Morgan fingerprint density at radius 1 is 0.879 bits per heavy atom. The summed E-state index contributed by atoms with van der Waals surface area (Å²) in [6, 6.07) is 20.0. The molecule has 4 nitrogen and oxygen atoms in total. The van der Waals surface area contributed by atoms with E-state index in [9.17, 15) is 23.4 Å². The predicted octanol–water partition coefficient (Wildman–Crippen LogP) is 5.94. The molecule has 3 aromatic carbocycles. The fraction of sp³-hybridized carbons (Fsp3) is 0.192. The maximum absolute atomic E-state index is 13.7. The van der Waals surface area contributed by atoms with Gasteiger partial charge >= 0.3 is 6.18 Å². The van der Waals surface area contributed by atoms with Crippen LogP contribution in [0.15, 0.2) is 79.0 Å². The van der Waals surface area contributed by atoms with E-state index in [1.807, 2.05) is 36.4 Å². The monoisotopic (exact) mass is 452 g/mol. The maximum Gasteiger partial charge on any atom is 0.417 e. The van der Waals surface area contributed by atoms with Crippen LogP contribution in [0.1, 0.15) is 30.7 Å². The fourth-order valence-corrected chi connectivity index (χ4v) is 3.65. The molecule has 0 unspecified atom stereocenters. The van der Waals surface area contributed by atoms with Crippen molar-refractivity contribution in [3.8, 4) is 28.2 Å². The summed E-state index contributed by atoms with van der Waals surface area (Å²) in [5.41, 5.74) is 1.26. The van der Waals surface area contributed by atoms with Gasteiger partial charge in [-0.15, -0.1) is 0 Å². The number of imidazole rings is 1. The number of hydrogen-bond acceptors (Lipinski definition) is 3. The summed E-state index contributed by atoms with van der Waals surface area (Å²) in [4.78, 5) is 4.39. The lowest BCUT2D eigenvalue weighted by atomic mass is 10.0. The predicted molar refractivity (Wildman–Crippen MR) is 121 cm³/mol. The zero-order valence-electron chi connectivity index (χ0n) is 18.1. The molecule has 1 aromatic heterocycles. The van der Waals surface area contributed by atoms with Crippen molar-refractivity contribution in [2.75, 3.05) is 0 Å². The summed E-state index contributed by atoms with van der Waals surface area (Å²) in [5.74, 6) is 0.0927. The van der Waals surface area contributed by atoms with Crippen LogP contribution in [0.3, 0.4) is 0 Å². The number of aliphatic hydroxyl groups excluding tert-OH is 1. The Bertz CT molecular complexity index is 1270. The Labute approximate surface area is 189 Å². The van der Waals surface area contributed by atoms with Crippen molar-refractivity contribution in [3.05, 3.63) is 95.8 Å². The highest BCUT2D eigenvalue weighted by atomic mass is 19.4. The van der Waals surface area contributed by atoms with E-state index in [1.165, 1.54) is 32.0 Å². The first-order chi connectivity index (χ1) is 15.6. The Morgan fingerprint density at radius 3 is 2.21 bits per heavy atom. The molecule has 0 bridgehead atoms. The second-order valence-electron chi connectivity index (χ2n) is 8.33. The Balaban J connectivity index is 1.84. The van der Waals surface area contributed by atoms with Gasteiger partial charge in [0, 0.05) is 17.4 Å². The van der Waals surface area contributed by atoms with Gasteiger partial charge in [0.05, 0.1) is 17.9 Å². The minimum Gasteiger partial charge on any atom is -0.392 e. The summed E-state index contributed by atoms with van der Waals surface area (Å²) in [6.07, 6.45) is -2.99.